The second-order valence-corrected chi connectivity index (χ2v) is 9.05. The molecule has 0 N–H and O–H groups in total. The lowest BCUT2D eigenvalue weighted by molar-refractivity contribution is -0.384. The highest BCUT2D eigenvalue weighted by molar-refractivity contribution is 6.32. The van der Waals surface area contributed by atoms with Crippen LogP contribution in [0.2, 0.25) is 5.02 Å². The number of nitro groups is 1. The summed E-state index contributed by atoms with van der Waals surface area (Å²) in [5.41, 5.74) is 4.58. The SMILES string of the molecule is Cc1ccccc1N1CCN(C(=O)c2cc(-c3ccc([N+](=O)[O-])cc3)nn2-c2ccccc2Cl)CC1. The van der Waals surface area contributed by atoms with Crippen LogP contribution in [0.4, 0.5) is 11.4 Å². The number of carbonyl (C=O) groups is 1. The molecule has 0 unspecified atom stereocenters. The topological polar surface area (TPSA) is 84.5 Å². The van der Waals surface area contributed by atoms with E-state index >= 15 is 0 Å². The predicted molar refractivity (Wildman–Crippen MR) is 140 cm³/mol. The van der Waals surface area contributed by atoms with Crippen molar-refractivity contribution in [1.82, 2.24) is 14.7 Å². The smallest absolute Gasteiger partial charge is 0.272 e. The van der Waals surface area contributed by atoms with E-state index in [-0.39, 0.29) is 11.6 Å². The molecule has 1 aliphatic heterocycles. The Morgan fingerprint density at radius 1 is 0.917 bits per heavy atom. The Kier molecular flexibility index (Phi) is 6.43. The van der Waals surface area contributed by atoms with Crippen molar-refractivity contribution in [2.45, 2.75) is 6.92 Å². The van der Waals surface area contributed by atoms with Crippen molar-refractivity contribution < 1.29 is 9.72 Å². The van der Waals surface area contributed by atoms with E-state index in [9.17, 15) is 14.9 Å². The van der Waals surface area contributed by atoms with Gasteiger partial charge in [-0.3, -0.25) is 14.9 Å². The number of amides is 1. The molecule has 2 heterocycles. The zero-order valence-corrected chi connectivity index (χ0v) is 20.4. The number of carbonyl (C=O) groups excluding carboxylic acids is 1. The van der Waals surface area contributed by atoms with Gasteiger partial charge in [-0.15, -0.1) is 0 Å². The number of halogens is 1. The van der Waals surface area contributed by atoms with Gasteiger partial charge in [0, 0.05) is 49.6 Å². The van der Waals surface area contributed by atoms with Gasteiger partial charge in [-0.1, -0.05) is 41.9 Å². The predicted octanol–water partition coefficient (Wildman–Crippen LogP) is 5.37. The van der Waals surface area contributed by atoms with E-state index in [4.69, 9.17) is 11.6 Å². The van der Waals surface area contributed by atoms with Crippen molar-refractivity contribution in [3.63, 3.8) is 0 Å². The third kappa shape index (κ3) is 4.55. The number of non-ortho nitro benzene ring substituents is 1. The number of benzene rings is 3. The zero-order chi connectivity index (χ0) is 25.2. The molecule has 1 amide bonds. The van der Waals surface area contributed by atoms with Gasteiger partial charge in [0.2, 0.25) is 0 Å². The van der Waals surface area contributed by atoms with Crippen LogP contribution >= 0.6 is 11.6 Å². The molecule has 3 aromatic carbocycles. The van der Waals surface area contributed by atoms with Crippen molar-refractivity contribution in [3.05, 3.63) is 105 Å². The summed E-state index contributed by atoms with van der Waals surface area (Å²) in [6.45, 7) is 4.70. The molecule has 36 heavy (non-hydrogen) atoms. The Hall–Kier alpha value is -4.17. The number of piperazine rings is 1. The van der Waals surface area contributed by atoms with Gasteiger partial charge in [-0.2, -0.15) is 5.10 Å². The number of aromatic nitrogens is 2. The minimum Gasteiger partial charge on any atom is -0.368 e. The van der Waals surface area contributed by atoms with Crippen molar-refractivity contribution >= 4 is 28.9 Å². The van der Waals surface area contributed by atoms with Crippen LogP contribution in [0.5, 0.6) is 0 Å². The van der Waals surface area contributed by atoms with E-state index in [1.54, 1.807) is 28.9 Å². The number of hydrogen-bond acceptors (Lipinski definition) is 5. The number of nitrogens with zero attached hydrogens (tertiary/aromatic N) is 5. The van der Waals surface area contributed by atoms with Gasteiger partial charge in [0.25, 0.3) is 11.6 Å². The van der Waals surface area contributed by atoms with Crippen LogP contribution in [0.3, 0.4) is 0 Å². The fraction of sp³-hybridized carbons (Fsp3) is 0.185. The lowest BCUT2D eigenvalue weighted by Gasteiger charge is -2.36. The van der Waals surface area contributed by atoms with Crippen LogP contribution in [0, 0.1) is 17.0 Å². The number of aryl methyl sites for hydroxylation is 1. The second kappa shape index (κ2) is 9.83. The normalized spacial score (nSPS) is 13.6. The molecule has 1 aromatic heterocycles. The molecule has 0 atom stereocenters. The Morgan fingerprint density at radius 2 is 1.56 bits per heavy atom. The number of rotatable bonds is 5. The van der Waals surface area contributed by atoms with Crippen LogP contribution in [0.1, 0.15) is 16.1 Å². The monoisotopic (exact) mass is 501 g/mol. The summed E-state index contributed by atoms with van der Waals surface area (Å²) < 4.78 is 1.56. The first-order chi connectivity index (χ1) is 17.4. The Morgan fingerprint density at radius 3 is 2.19 bits per heavy atom. The minimum atomic E-state index is -0.447. The quantitative estimate of drug-likeness (QED) is 0.271. The molecule has 1 fully saturated rings. The molecule has 4 aromatic rings. The van der Waals surface area contributed by atoms with E-state index < -0.39 is 4.92 Å². The van der Waals surface area contributed by atoms with Gasteiger partial charge in [0.05, 0.1) is 21.3 Å². The largest absolute Gasteiger partial charge is 0.368 e. The molecule has 9 heteroatoms. The fourth-order valence-electron chi connectivity index (χ4n) is 4.47. The molecule has 8 nitrogen and oxygen atoms in total. The summed E-state index contributed by atoms with van der Waals surface area (Å²) in [4.78, 5) is 28.4. The van der Waals surface area contributed by atoms with Gasteiger partial charge >= 0.3 is 0 Å². The van der Waals surface area contributed by atoms with Gasteiger partial charge in [-0.05, 0) is 48.9 Å². The highest BCUT2D eigenvalue weighted by atomic mass is 35.5. The molecule has 0 saturated carbocycles. The molecule has 1 saturated heterocycles. The maximum atomic E-state index is 13.7. The molecule has 0 bridgehead atoms. The number of anilines is 1. The van der Waals surface area contributed by atoms with Gasteiger partial charge in [0.15, 0.2) is 0 Å². The van der Waals surface area contributed by atoms with E-state index in [2.05, 4.69) is 29.1 Å². The van der Waals surface area contributed by atoms with Gasteiger partial charge < -0.3 is 9.80 Å². The molecular weight excluding hydrogens is 478 g/mol. The van der Waals surface area contributed by atoms with Crippen LogP contribution in [0.25, 0.3) is 16.9 Å². The number of nitro benzene ring substituents is 1. The fourth-order valence-corrected chi connectivity index (χ4v) is 4.68. The van der Waals surface area contributed by atoms with E-state index in [0.717, 1.165) is 13.1 Å². The maximum absolute atomic E-state index is 13.7. The Bertz CT molecular complexity index is 1430. The first kappa shape index (κ1) is 23.6. The summed E-state index contributed by atoms with van der Waals surface area (Å²) in [6, 6.07) is 23.3. The van der Waals surface area contributed by atoms with Crippen LogP contribution in [0.15, 0.2) is 78.9 Å². The lowest BCUT2D eigenvalue weighted by Crippen LogP contribution is -2.49. The Balaban J connectivity index is 1.45. The summed E-state index contributed by atoms with van der Waals surface area (Å²) in [5, 5.41) is 16.2. The van der Waals surface area contributed by atoms with Crippen LogP contribution in [-0.4, -0.2) is 51.7 Å². The highest BCUT2D eigenvalue weighted by Crippen LogP contribution is 2.28. The Labute approximate surface area is 213 Å². The van der Waals surface area contributed by atoms with Crippen molar-refractivity contribution in [2.75, 3.05) is 31.1 Å². The van der Waals surface area contributed by atoms with E-state index in [0.29, 0.717) is 40.8 Å². The summed E-state index contributed by atoms with van der Waals surface area (Å²) >= 11 is 6.47. The summed E-state index contributed by atoms with van der Waals surface area (Å²) in [5.74, 6) is -0.139. The second-order valence-electron chi connectivity index (χ2n) is 8.65. The minimum absolute atomic E-state index is 0.00731. The van der Waals surface area contributed by atoms with Crippen molar-refractivity contribution in [2.24, 2.45) is 0 Å². The molecular formula is C27H24ClN5O3. The molecule has 5 rings (SSSR count). The van der Waals surface area contributed by atoms with E-state index in [1.165, 1.54) is 23.4 Å². The molecule has 0 spiro atoms. The first-order valence-corrected chi connectivity index (χ1v) is 12.0. The molecule has 0 radical (unpaired) electrons. The van der Waals surface area contributed by atoms with Crippen LogP contribution < -0.4 is 4.90 Å². The van der Waals surface area contributed by atoms with Gasteiger partial charge in [0.1, 0.15) is 5.69 Å². The third-order valence-electron chi connectivity index (χ3n) is 6.41. The van der Waals surface area contributed by atoms with E-state index in [1.807, 2.05) is 35.2 Å². The maximum Gasteiger partial charge on any atom is 0.272 e. The molecule has 1 aliphatic rings. The zero-order valence-electron chi connectivity index (χ0n) is 19.7. The summed E-state index contributed by atoms with van der Waals surface area (Å²) in [7, 11) is 0. The lowest BCUT2D eigenvalue weighted by atomic mass is 10.1. The first-order valence-electron chi connectivity index (χ1n) is 11.6. The average Bonchev–Trinajstić information content (AvgIpc) is 3.34. The highest BCUT2D eigenvalue weighted by Gasteiger charge is 2.27. The van der Waals surface area contributed by atoms with Crippen molar-refractivity contribution in [1.29, 1.82) is 0 Å². The molecule has 0 aliphatic carbocycles. The number of para-hydroxylation sites is 2. The van der Waals surface area contributed by atoms with Crippen molar-refractivity contribution in [3.8, 4) is 16.9 Å². The molecule has 182 valence electrons. The third-order valence-corrected chi connectivity index (χ3v) is 6.73. The van der Waals surface area contributed by atoms with Crippen LogP contribution in [-0.2, 0) is 0 Å². The van der Waals surface area contributed by atoms with Gasteiger partial charge in [-0.25, -0.2) is 4.68 Å². The summed E-state index contributed by atoms with van der Waals surface area (Å²) in [6.07, 6.45) is 0. The standard InChI is InChI=1S/C27H24ClN5O3/c1-19-6-2-4-8-24(19)30-14-16-31(17-15-30)27(34)26-18-23(20-10-12-21(13-11-20)33(35)36)29-32(26)25-9-5-3-7-22(25)28/h2-13,18H,14-17H2,1H3. The number of hydrogen-bond donors (Lipinski definition) is 0. The average molecular weight is 502 g/mol.